The lowest BCUT2D eigenvalue weighted by molar-refractivity contribution is -0.193. The summed E-state index contributed by atoms with van der Waals surface area (Å²) in [5.74, 6) is -5.18. The minimum absolute atomic E-state index is 0.0436. The first-order chi connectivity index (χ1) is 31.1. The lowest BCUT2D eigenvalue weighted by Crippen LogP contribution is -2.47. The van der Waals surface area contributed by atoms with Crippen LogP contribution in [-0.2, 0) is 29.7 Å². The van der Waals surface area contributed by atoms with Gasteiger partial charge in [0, 0.05) is 33.8 Å². The van der Waals surface area contributed by atoms with Crippen molar-refractivity contribution in [2.45, 2.75) is 74.7 Å². The van der Waals surface area contributed by atoms with Crippen LogP contribution in [0.15, 0.2) is 58.9 Å². The van der Waals surface area contributed by atoms with Crippen molar-refractivity contribution in [2.24, 2.45) is 11.5 Å². The van der Waals surface area contributed by atoms with Gasteiger partial charge in [-0.25, -0.2) is 24.4 Å². The maximum atomic E-state index is 12.4. The zero-order chi connectivity index (χ0) is 49.6. The van der Waals surface area contributed by atoms with E-state index in [1.165, 1.54) is 30.0 Å². The molecule has 25 heteroatoms. The summed E-state index contributed by atoms with van der Waals surface area (Å²) in [7, 11) is 0. The fourth-order valence-corrected chi connectivity index (χ4v) is 6.88. The number of amides is 1. The van der Waals surface area contributed by atoms with E-state index in [1.807, 2.05) is 36.6 Å². The Kier molecular flexibility index (Phi) is 23.2. The van der Waals surface area contributed by atoms with Gasteiger partial charge in [0.25, 0.3) is 0 Å². The minimum Gasteiger partial charge on any atom is -0.490 e. The Hall–Kier alpha value is -6.18. The van der Waals surface area contributed by atoms with Crippen molar-refractivity contribution in [3.63, 3.8) is 0 Å². The molecule has 356 valence electrons. The quantitative estimate of drug-likeness (QED) is 0.0229. The largest absolute Gasteiger partial charge is 0.490 e. The van der Waals surface area contributed by atoms with Crippen molar-refractivity contribution in [3.8, 4) is 39.6 Å². The highest BCUT2D eigenvalue weighted by Crippen LogP contribution is 2.38. The first kappa shape index (κ1) is 56.0. The molecule has 8 N–H and O–H groups in total. The third kappa shape index (κ3) is 18.7. The summed E-state index contributed by atoms with van der Waals surface area (Å²) >= 11 is 8.95. The van der Waals surface area contributed by atoms with Gasteiger partial charge >= 0.3 is 30.3 Å². The molecule has 0 spiro atoms. The first-order valence-corrected chi connectivity index (χ1v) is 21.5. The van der Waals surface area contributed by atoms with E-state index in [-0.39, 0.29) is 24.3 Å². The number of nitrogens with zero attached hydrogens (tertiary/aromatic N) is 4. The number of carbonyl (C=O) groups excluding carboxylic acids is 2. The van der Waals surface area contributed by atoms with Crippen molar-refractivity contribution < 1.29 is 65.2 Å². The Labute approximate surface area is 387 Å². The molecule has 1 amide bonds. The van der Waals surface area contributed by atoms with E-state index in [0.717, 1.165) is 35.5 Å². The van der Waals surface area contributed by atoms with Crippen molar-refractivity contribution in [2.75, 3.05) is 31.6 Å². The number of hydrogen-bond acceptors (Lipinski definition) is 15. The maximum absolute atomic E-state index is 12.4. The monoisotopic (exact) mass is 988 g/mol. The van der Waals surface area contributed by atoms with Crippen LogP contribution < -0.4 is 26.8 Å². The second-order valence-corrected chi connectivity index (χ2v) is 15.5. The molecule has 2 heterocycles. The number of anilines is 1. The standard InChI is InChI=1S/C37H41ClN8O4S2.2C2HF3O2/c1-3-16-43-33-29(19-40)32(30(20-41)36(46-33)52-22-27-21-51-35(45-27)25-7-11-26(38)12-8-25)24-9-13-28(14-10-24)49-17-18-50-37(48)23(2)44-34(47)31(42)6-4-5-15-39;2*3-2(4,5)1(6)7/h7-14,21,23,31H,3-6,15-18,22,39,42H2,1-2H3,(H,43,46)(H,44,47);2*(H,6,7)/t23-,31-;;/m0../s1. The molecule has 0 fully saturated rings. The molecule has 2 aromatic heterocycles. The highest BCUT2D eigenvalue weighted by atomic mass is 35.5. The number of thioether (sulfide) groups is 1. The number of aromatic nitrogens is 2. The van der Waals surface area contributed by atoms with Gasteiger partial charge in [-0.05, 0) is 62.6 Å². The zero-order valence-electron chi connectivity index (χ0n) is 35.0. The number of alkyl halides is 6. The predicted molar refractivity (Wildman–Crippen MR) is 232 cm³/mol. The Morgan fingerprint density at radius 1 is 0.909 bits per heavy atom. The van der Waals surface area contributed by atoms with Gasteiger partial charge in [-0.2, -0.15) is 36.9 Å². The average Bonchev–Trinajstić information content (AvgIpc) is 3.75. The number of carboxylic acids is 2. The van der Waals surface area contributed by atoms with Crippen LogP contribution in [0.5, 0.6) is 5.75 Å². The number of nitriles is 2. The molecule has 0 aliphatic carbocycles. The van der Waals surface area contributed by atoms with Crippen LogP contribution in [0.25, 0.3) is 21.7 Å². The van der Waals surface area contributed by atoms with Crippen molar-refractivity contribution in [1.29, 1.82) is 10.5 Å². The molecule has 0 radical (unpaired) electrons. The van der Waals surface area contributed by atoms with Crippen LogP contribution in [0.2, 0.25) is 5.02 Å². The normalized spacial score (nSPS) is 11.8. The number of thiazole rings is 1. The van der Waals surface area contributed by atoms with Gasteiger partial charge in [-0.1, -0.05) is 61.0 Å². The number of esters is 1. The van der Waals surface area contributed by atoms with E-state index in [9.17, 15) is 46.5 Å². The lowest BCUT2D eigenvalue weighted by atomic mass is 9.96. The molecular weight excluding hydrogens is 946 g/mol. The number of ether oxygens (including phenoxy) is 2. The van der Waals surface area contributed by atoms with Gasteiger partial charge in [-0.3, -0.25) is 4.79 Å². The molecule has 4 rings (SSSR count). The van der Waals surface area contributed by atoms with E-state index in [4.69, 9.17) is 62.3 Å². The lowest BCUT2D eigenvalue weighted by Gasteiger charge is -2.17. The van der Waals surface area contributed by atoms with E-state index in [0.29, 0.717) is 58.0 Å². The first-order valence-electron chi connectivity index (χ1n) is 19.3. The molecule has 2 atom stereocenters. The summed E-state index contributed by atoms with van der Waals surface area (Å²) in [6, 6.07) is 17.4. The molecule has 0 aliphatic heterocycles. The van der Waals surface area contributed by atoms with Crippen LogP contribution >= 0.6 is 34.7 Å². The Bertz CT molecular complexity index is 2300. The van der Waals surface area contributed by atoms with Gasteiger partial charge in [0.2, 0.25) is 5.91 Å². The molecule has 66 heavy (non-hydrogen) atoms. The SMILES string of the molecule is CCCNc1nc(SCc2csc(-c3ccc(Cl)cc3)n2)c(C#N)c(-c2ccc(OCCOC(=O)[C@H](C)NC(=O)[C@@H](N)CCCCN)cc2)c1C#N.O=C(O)C(F)(F)F.O=C(O)C(F)(F)F. The number of aliphatic carboxylic acids is 2. The minimum atomic E-state index is -5.08. The number of nitrogens with one attached hydrogen (secondary N) is 2. The fraction of sp³-hybridized carbons (Fsp3) is 0.366. The fourth-order valence-electron chi connectivity index (χ4n) is 4.94. The summed E-state index contributed by atoms with van der Waals surface area (Å²) in [6.45, 7) is 4.69. The molecule has 4 aromatic rings. The van der Waals surface area contributed by atoms with E-state index in [1.54, 1.807) is 24.3 Å². The van der Waals surface area contributed by atoms with Crippen LogP contribution in [0.4, 0.5) is 32.2 Å². The number of nitrogens with two attached hydrogens (primary N) is 2. The highest BCUT2D eigenvalue weighted by molar-refractivity contribution is 7.98. The number of halogens is 7. The van der Waals surface area contributed by atoms with Crippen molar-refractivity contribution >= 4 is 64.3 Å². The number of carbonyl (C=O) groups is 4. The summed E-state index contributed by atoms with van der Waals surface area (Å²) < 4.78 is 74.5. The van der Waals surface area contributed by atoms with Gasteiger partial charge in [0.15, 0.2) is 0 Å². The molecule has 2 aromatic carbocycles. The number of carboxylic acid groups (broad SMARTS) is 2. The summed E-state index contributed by atoms with van der Waals surface area (Å²) in [6.07, 6.45) is -7.38. The van der Waals surface area contributed by atoms with Gasteiger partial charge in [0.1, 0.15) is 58.6 Å². The van der Waals surface area contributed by atoms with E-state index >= 15 is 0 Å². The topological polar surface area (TPSA) is 277 Å². The summed E-state index contributed by atoms with van der Waals surface area (Å²) in [5, 5.41) is 44.7. The van der Waals surface area contributed by atoms with Crippen LogP contribution in [0.1, 0.15) is 56.4 Å². The Morgan fingerprint density at radius 3 is 2.02 bits per heavy atom. The summed E-state index contributed by atoms with van der Waals surface area (Å²) in [5.41, 5.74) is 14.8. The third-order valence-corrected chi connectivity index (χ3v) is 10.4. The number of pyridine rings is 1. The molecule has 0 saturated carbocycles. The number of rotatable bonds is 19. The van der Waals surface area contributed by atoms with Crippen LogP contribution in [-0.4, -0.2) is 94.7 Å². The Balaban J connectivity index is 0.000000923. The molecular formula is C41H43ClF6N8O8S2. The van der Waals surface area contributed by atoms with Gasteiger partial charge in [-0.15, -0.1) is 11.3 Å². The molecule has 0 saturated heterocycles. The van der Waals surface area contributed by atoms with Crippen molar-refractivity contribution in [1.82, 2.24) is 15.3 Å². The highest BCUT2D eigenvalue weighted by Gasteiger charge is 2.39. The number of benzene rings is 2. The van der Waals surface area contributed by atoms with Gasteiger partial charge in [0.05, 0.1) is 17.3 Å². The Morgan fingerprint density at radius 2 is 1.48 bits per heavy atom. The third-order valence-electron chi connectivity index (χ3n) is 8.17. The predicted octanol–water partition coefficient (Wildman–Crippen LogP) is 7.53. The molecule has 0 bridgehead atoms. The molecule has 0 unspecified atom stereocenters. The van der Waals surface area contributed by atoms with Crippen LogP contribution in [0.3, 0.4) is 0 Å². The van der Waals surface area contributed by atoms with Crippen molar-refractivity contribution in [3.05, 3.63) is 75.8 Å². The van der Waals surface area contributed by atoms with Gasteiger partial charge < -0.3 is 41.8 Å². The summed E-state index contributed by atoms with van der Waals surface area (Å²) in [4.78, 5) is 51.9. The number of hydrogen-bond donors (Lipinski definition) is 6. The second kappa shape index (κ2) is 27.3. The maximum Gasteiger partial charge on any atom is 0.490 e. The van der Waals surface area contributed by atoms with Crippen LogP contribution in [0, 0.1) is 22.7 Å². The average molecular weight is 989 g/mol. The number of unbranched alkanes of at least 4 members (excludes halogenated alkanes) is 1. The molecule has 16 nitrogen and oxygen atoms in total. The smallest absolute Gasteiger partial charge is 0.490 e. The zero-order valence-corrected chi connectivity index (χ0v) is 37.4. The van der Waals surface area contributed by atoms with E-state index < -0.39 is 48.3 Å². The van der Waals surface area contributed by atoms with E-state index in [2.05, 4.69) is 22.8 Å². The molecule has 0 aliphatic rings. The second-order valence-electron chi connectivity index (χ2n) is 13.2.